The van der Waals surface area contributed by atoms with Crippen LogP contribution in [0.1, 0.15) is 13.3 Å². The number of carbonyl (C=O) groups is 1. The molecule has 6 heteroatoms. The Morgan fingerprint density at radius 1 is 1.38 bits per heavy atom. The summed E-state index contributed by atoms with van der Waals surface area (Å²) in [6.45, 7) is 1.56. The molecule has 0 aliphatic carbocycles. The molecule has 1 rings (SSSR count). The van der Waals surface area contributed by atoms with Crippen molar-refractivity contribution in [2.75, 3.05) is 0 Å². The number of primary amides is 1. The molecular formula is C10H13NO4S. The van der Waals surface area contributed by atoms with Gasteiger partial charge in [0.05, 0.1) is 0 Å². The van der Waals surface area contributed by atoms with E-state index in [4.69, 9.17) is 9.92 Å². The van der Waals surface area contributed by atoms with Crippen molar-refractivity contribution in [2.24, 2.45) is 5.73 Å². The number of nitrogens with two attached hydrogens (primary N) is 1. The Hall–Kier alpha value is -1.56. The van der Waals surface area contributed by atoms with Gasteiger partial charge in [-0.2, -0.15) is 8.42 Å². The summed E-state index contributed by atoms with van der Waals surface area (Å²) < 4.78 is 28.1. The predicted octanol–water partition coefficient (Wildman–Crippen LogP) is 0.659. The first-order chi connectivity index (χ1) is 7.47. The van der Waals surface area contributed by atoms with Gasteiger partial charge >= 0.3 is 10.1 Å². The van der Waals surface area contributed by atoms with Crippen molar-refractivity contribution >= 4 is 16.0 Å². The number of para-hydroxylation sites is 1. The quantitative estimate of drug-likeness (QED) is 0.769. The molecule has 2 N–H and O–H groups in total. The zero-order valence-electron chi connectivity index (χ0n) is 8.79. The van der Waals surface area contributed by atoms with E-state index in [1.165, 1.54) is 12.1 Å². The summed E-state index contributed by atoms with van der Waals surface area (Å²) in [6, 6.07) is 7.98. The fourth-order valence-electron chi connectivity index (χ4n) is 1.22. The van der Waals surface area contributed by atoms with Gasteiger partial charge in [-0.15, -0.1) is 0 Å². The van der Waals surface area contributed by atoms with Gasteiger partial charge in [-0.05, 0) is 18.6 Å². The second-order valence-electron chi connectivity index (χ2n) is 3.19. The molecule has 0 saturated carbocycles. The third-order valence-corrected chi connectivity index (χ3v) is 3.68. The topological polar surface area (TPSA) is 86.5 Å². The average molecular weight is 243 g/mol. The predicted molar refractivity (Wildman–Crippen MR) is 59.3 cm³/mol. The van der Waals surface area contributed by atoms with E-state index in [2.05, 4.69) is 0 Å². The SMILES string of the molecule is CCC(C(N)=O)S(=O)(=O)Oc1ccccc1. The van der Waals surface area contributed by atoms with Gasteiger partial charge < -0.3 is 9.92 Å². The Morgan fingerprint density at radius 3 is 2.38 bits per heavy atom. The summed E-state index contributed by atoms with van der Waals surface area (Å²) >= 11 is 0. The maximum absolute atomic E-state index is 11.6. The molecule has 16 heavy (non-hydrogen) atoms. The minimum atomic E-state index is -4.00. The maximum atomic E-state index is 11.6. The van der Waals surface area contributed by atoms with Gasteiger partial charge in [0.15, 0.2) is 5.25 Å². The highest BCUT2D eigenvalue weighted by molar-refractivity contribution is 7.88. The van der Waals surface area contributed by atoms with Crippen molar-refractivity contribution < 1.29 is 17.4 Å². The lowest BCUT2D eigenvalue weighted by Crippen LogP contribution is -2.37. The number of amides is 1. The van der Waals surface area contributed by atoms with Crippen LogP contribution in [0.5, 0.6) is 5.75 Å². The number of hydrogen-bond donors (Lipinski definition) is 1. The highest BCUT2D eigenvalue weighted by Crippen LogP contribution is 2.15. The molecule has 0 aliphatic heterocycles. The van der Waals surface area contributed by atoms with Crippen LogP contribution in [0.2, 0.25) is 0 Å². The lowest BCUT2D eigenvalue weighted by Gasteiger charge is -2.12. The molecule has 0 spiro atoms. The molecule has 0 heterocycles. The monoisotopic (exact) mass is 243 g/mol. The van der Waals surface area contributed by atoms with E-state index in [1.54, 1.807) is 25.1 Å². The van der Waals surface area contributed by atoms with Gasteiger partial charge in [-0.25, -0.2) is 0 Å². The van der Waals surface area contributed by atoms with Gasteiger partial charge in [0.25, 0.3) is 0 Å². The van der Waals surface area contributed by atoms with Gasteiger partial charge in [-0.3, -0.25) is 4.79 Å². The first-order valence-electron chi connectivity index (χ1n) is 4.75. The Morgan fingerprint density at radius 2 is 1.94 bits per heavy atom. The third-order valence-electron chi connectivity index (χ3n) is 1.99. The lowest BCUT2D eigenvalue weighted by molar-refractivity contribution is -0.117. The number of rotatable bonds is 5. The van der Waals surface area contributed by atoms with Crippen LogP contribution < -0.4 is 9.92 Å². The van der Waals surface area contributed by atoms with Crippen molar-refractivity contribution in [2.45, 2.75) is 18.6 Å². The third kappa shape index (κ3) is 2.96. The number of carbonyl (C=O) groups excluding carboxylic acids is 1. The lowest BCUT2D eigenvalue weighted by atomic mass is 10.3. The van der Waals surface area contributed by atoms with Crippen LogP contribution in [0.4, 0.5) is 0 Å². The van der Waals surface area contributed by atoms with Crippen LogP contribution in [0, 0.1) is 0 Å². The van der Waals surface area contributed by atoms with Crippen molar-refractivity contribution in [1.29, 1.82) is 0 Å². The molecule has 1 aromatic carbocycles. The Kier molecular flexibility index (Phi) is 3.89. The van der Waals surface area contributed by atoms with Crippen LogP contribution in [-0.2, 0) is 14.9 Å². The van der Waals surface area contributed by atoms with Crippen LogP contribution in [-0.4, -0.2) is 19.6 Å². The van der Waals surface area contributed by atoms with Crippen molar-refractivity contribution in [3.63, 3.8) is 0 Å². The first kappa shape index (κ1) is 12.5. The second kappa shape index (κ2) is 4.98. The van der Waals surface area contributed by atoms with Crippen LogP contribution in [0.3, 0.4) is 0 Å². The summed E-state index contributed by atoms with van der Waals surface area (Å²) in [5.74, 6) is -0.736. The second-order valence-corrected chi connectivity index (χ2v) is 4.91. The Labute approximate surface area is 94.3 Å². The van der Waals surface area contributed by atoms with Crippen molar-refractivity contribution in [3.8, 4) is 5.75 Å². The van der Waals surface area contributed by atoms with E-state index in [0.717, 1.165) is 0 Å². The number of hydrogen-bond acceptors (Lipinski definition) is 4. The normalized spacial score (nSPS) is 13.1. The summed E-state index contributed by atoms with van der Waals surface area (Å²) in [5.41, 5.74) is 4.99. The first-order valence-corrected chi connectivity index (χ1v) is 6.22. The fraction of sp³-hybridized carbons (Fsp3) is 0.300. The zero-order valence-corrected chi connectivity index (χ0v) is 9.61. The average Bonchev–Trinajstić information content (AvgIpc) is 2.18. The van der Waals surface area contributed by atoms with Gasteiger partial charge in [-0.1, -0.05) is 25.1 Å². The molecule has 1 aromatic rings. The van der Waals surface area contributed by atoms with E-state index in [-0.39, 0.29) is 12.2 Å². The molecule has 0 bridgehead atoms. The smallest absolute Gasteiger partial charge is 0.321 e. The van der Waals surface area contributed by atoms with E-state index < -0.39 is 21.3 Å². The zero-order chi connectivity index (χ0) is 12.2. The van der Waals surface area contributed by atoms with E-state index in [9.17, 15) is 13.2 Å². The van der Waals surface area contributed by atoms with Crippen LogP contribution in [0.15, 0.2) is 30.3 Å². The molecular weight excluding hydrogens is 230 g/mol. The van der Waals surface area contributed by atoms with Gasteiger partial charge in [0.2, 0.25) is 5.91 Å². The molecule has 1 amide bonds. The van der Waals surface area contributed by atoms with Crippen LogP contribution in [0.25, 0.3) is 0 Å². The molecule has 0 aromatic heterocycles. The summed E-state index contributed by atoms with van der Waals surface area (Å²) in [4.78, 5) is 10.9. The summed E-state index contributed by atoms with van der Waals surface area (Å²) in [5, 5.41) is -1.31. The van der Waals surface area contributed by atoms with Gasteiger partial charge in [0.1, 0.15) is 5.75 Å². The number of benzene rings is 1. The van der Waals surface area contributed by atoms with Gasteiger partial charge in [0, 0.05) is 0 Å². The highest BCUT2D eigenvalue weighted by Gasteiger charge is 2.31. The largest absolute Gasteiger partial charge is 0.382 e. The fourth-order valence-corrected chi connectivity index (χ4v) is 2.40. The summed E-state index contributed by atoms with van der Waals surface area (Å²) in [7, 11) is -4.00. The highest BCUT2D eigenvalue weighted by atomic mass is 32.2. The van der Waals surface area contributed by atoms with E-state index in [1.807, 2.05) is 0 Å². The van der Waals surface area contributed by atoms with Crippen LogP contribution >= 0.6 is 0 Å². The molecule has 1 atom stereocenters. The standard InChI is InChI=1S/C10H13NO4S/c1-2-9(10(11)12)16(13,14)15-8-6-4-3-5-7-8/h3-7,9H,2H2,1H3,(H2,11,12). The van der Waals surface area contributed by atoms with Crippen molar-refractivity contribution in [1.82, 2.24) is 0 Å². The molecule has 0 fully saturated rings. The van der Waals surface area contributed by atoms with E-state index in [0.29, 0.717) is 0 Å². The molecule has 5 nitrogen and oxygen atoms in total. The van der Waals surface area contributed by atoms with Crippen molar-refractivity contribution in [3.05, 3.63) is 30.3 Å². The minimum Gasteiger partial charge on any atom is -0.382 e. The molecule has 0 aliphatic rings. The molecule has 0 radical (unpaired) electrons. The van der Waals surface area contributed by atoms with E-state index >= 15 is 0 Å². The molecule has 88 valence electrons. The minimum absolute atomic E-state index is 0.0878. The maximum Gasteiger partial charge on any atom is 0.321 e. The summed E-state index contributed by atoms with van der Waals surface area (Å²) in [6.07, 6.45) is 0.0878. The Bertz CT molecular complexity index is 455. The molecule has 1 unspecified atom stereocenters. The Balaban J connectivity index is 2.91. The molecule has 0 saturated heterocycles.